The number of anilines is 1. The molecule has 1 heterocycles. The molecular weight excluding hydrogens is 495 g/mol. The summed E-state index contributed by atoms with van der Waals surface area (Å²) in [5, 5.41) is 9.32. The van der Waals surface area contributed by atoms with Crippen LogP contribution in [0.2, 0.25) is 0 Å². The quantitative estimate of drug-likeness (QED) is 0.265. The van der Waals surface area contributed by atoms with E-state index in [9.17, 15) is 4.79 Å². The van der Waals surface area contributed by atoms with E-state index in [1.807, 2.05) is 64.1 Å². The Balaban J connectivity index is 0.00000450. The zero-order valence-electron chi connectivity index (χ0n) is 18.2. The Hall–Kier alpha value is -2.23. The Morgan fingerprint density at radius 3 is 2.43 bits per heavy atom. The van der Waals surface area contributed by atoms with Crippen molar-refractivity contribution in [3.05, 3.63) is 54.0 Å². The molecule has 0 aliphatic carbocycles. The third kappa shape index (κ3) is 10.5. The summed E-state index contributed by atoms with van der Waals surface area (Å²) in [7, 11) is 0. The van der Waals surface area contributed by atoms with Crippen LogP contribution in [0.5, 0.6) is 0 Å². The predicted octanol–water partition coefficient (Wildman–Crippen LogP) is 4.58. The Morgan fingerprint density at radius 2 is 1.83 bits per heavy atom. The van der Waals surface area contributed by atoms with E-state index in [0.717, 1.165) is 37.7 Å². The first-order valence-corrected chi connectivity index (χ1v) is 9.99. The van der Waals surface area contributed by atoms with Crippen LogP contribution in [-0.4, -0.2) is 37.3 Å². The highest BCUT2D eigenvalue weighted by molar-refractivity contribution is 14.0. The highest BCUT2D eigenvalue weighted by Gasteiger charge is 2.16. The van der Waals surface area contributed by atoms with Crippen LogP contribution in [0.4, 0.5) is 10.5 Å². The molecule has 0 saturated heterocycles. The van der Waals surface area contributed by atoms with Gasteiger partial charge in [0.15, 0.2) is 5.96 Å². The van der Waals surface area contributed by atoms with Gasteiger partial charge in [-0.05, 0) is 63.9 Å². The first kappa shape index (κ1) is 25.8. The minimum Gasteiger partial charge on any atom is -0.469 e. The van der Waals surface area contributed by atoms with Gasteiger partial charge >= 0.3 is 6.09 Å². The van der Waals surface area contributed by atoms with E-state index in [4.69, 9.17) is 9.15 Å². The van der Waals surface area contributed by atoms with Crippen LogP contribution < -0.4 is 16.0 Å². The van der Waals surface area contributed by atoms with Gasteiger partial charge in [-0.1, -0.05) is 12.1 Å². The molecule has 30 heavy (non-hydrogen) atoms. The molecule has 0 aliphatic heterocycles. The van der Waals surface area contributed by atoms with Gasteiger partial charge in [0.05, 0.1) is 6.26 Å². The maximum atomic E-state index is 11.8. The third-order valence-electron chi connectivity index (χ3n) is 3.86. The summed E-state index contributed by atoms with van der Waals surface area (Å²) in [4.78, 5) is 16.4. The molecule has 3 N–H and O–H groups in total. The number of carbonyl (C=O) groups excluding carboxylic acids is 1. The number of rotatable bonds is 8. The molecule has 0 fully saturated rings. The fourth-order valence-corrected chi connectivity index (χ4v) is 2.58. The standard InChI is InChI=1S/C22H32N4O3.HI/c1-5-23-20(25-15-13-19-7-6-16-28-19)24-14-12-17-8-10-18(11-9-17)26-21(27)29-22(2,3)4;/h6-11,16H,5,12-15H2,1-4H3,(H,26,27)(H2,23,24,25);1H. The van der Waals surface area contributed by atoms with Crippen molar-refractivity contribution in [3.63, 3.8) is 0 Å². The van der Waals surface area contributed by atoms with E-state index in [1.54, 1.807) is 6.26 Å². The van der Waals surface area contributed by atoms with E-state index in [0.29, 0.717) is 12.2 Å². The van der Waals surface area contributed by atoms with Crippen molar-refractivity contribution in [2.75, 3.05) is 25.0 Å². The lowest BCUT2D eigenvalue weighted by molar-refractivity contribution is 0.0636. The smallest absolute Gasteiger partial charge is 0.412 e. The topological polar surface area (TPSA) is 87.9 Å². The zero-order valence-corrected chi connectivity index (χ0v) is 20.5. The zero-order chi connectivity index (χ0) is 21.1. The molecule has 8 heteroatoms. The lowest BCUT2D eigenvalue weighted by Crippen LogP contribution is -2.38. The fraction of sp³-hybridized carbons (Fsp3) is 0.455. The van der Waals surface area contributed by atoms with Crippen molar-refractivity contribution in [1.29, 1.82) is 0 Å². The molecule has 0 radical (unpaired) electrons. The Morgan fingerprint density at radius 1 is 1.10 bits per heavy atom. The second kappa shape index (κ2) is 13.1. The van der Waals surface area contributed by atoms with Crippen molar-refractivity contribution in [2.24, 2.45) is 4.99 Å². The van der Waals surface area contributed by atoms with Crippen LogP contribution >= 0.6 is 24.0 Å². The van der Waals surface area contributed by atoms with Crippen molar-refractivity contribution in [1.82, 2.24) is 10.6 Å². The van der Waals surface area contributed by atoms with Gasteiger partial charge < -0.3 is 19.8 Å². The molecule has 7 nitrogen and oxygen atoms in total. The second-order valence-electron chi connectivity index (χ2n) is 7.59. The maximum absolute atomic E-state index is 11.8. The normalized spacial score (nSPS) is 11.4. The number of benzene rings is 1. The molecule has 1 aromatic heterocycles. The first-order valence-electron chi connectivity index (χ1n) is 9.99. The number of aliphatic imine (C=N–C) groups is 1. The van der Waals surface area contributed by atoms with Crippen LogP contribution in [0.25, 0.3) is 0 Å². The molecule has 0 saturated carbocycles. The van der Waals surface area contributed by atoms with Crippen molar-refractivity contribution < 1.29 is 13.9 Å². The van der Waals surface area contributed by atoms with E-state index in [1.165, 1.54) is 5.56 Å². The highest BCUT2D eigenvalue weighted by Crippen LogP contribution is 2.13. The van der Waals surface area contributed by atoms with Crippen LogP contribution in [0.3, 0.4) is 0 Å². The Bertz CT molecular complexity index is 769. The number of hydrogen-bond donors (Lipinski definition) is 3. The number of carbonyl (C=O) groups is 1. The summed E-state index contributed by atoms with van der Waals surface area (Å²) in [6.07, 6.45) is 2.84. The molecule has 0 unspecified atom stereocenters. The van der Waals surface area contributed by atoms with Crippen LogP contribution in [0.15, 0.2) is 52.1 Å². The number of guanidine groups is 1. The van der Waals surface area contributed by atoms with Crippen LogP contribution in [-0.2, 0) is 17.6 Å². The summed E-state index contributed by atoms with van der Waals surface area (Å²) in [5.74, 6) is 1.73. The molecule has 2 aromatic rings. The minimum atomic E-state index is -0.514. The second-order valence-corrected chi connectivity index (χ2v) is 7.59. The van der Waals surface area contributed by atoms with Crippen molar-refractivity contribution >= 4 is 41.7 Å². The van der Waals surface area contributed by atoms with Gasteiger partial charge in [-0.3, -0.25) is 10.3 Å². The first-order chi connectivity index (χ1) is 13.9. The summed E-state index contributed by atoms with van der Waals surface area (Å²) in [6, 6.07) is 11.6. The van der Waals surface area contributed by atoms with E-state index in [-0.39, 0.29) is 24.0 Å². The number of hydrogen-bond acceptors (Lipinski definition) is 4. The molecule has 1 amide bonds. The van der Waals surface area contributed by atoms with Crippen molar-refractivity contribution in [2.45, 2.75) is 46.1 Å². The average Bonchev–Trinajstić information content (AvgIpc) is 3.15. The summed E-state index contributed by atoms with van der Waals surface area (Å²) < 4.78 is 10.6. The van der Waals surface area contributed by atoms with Crippen LogP contribution in [0.1, 0.15) is 39.0 Å². The molecule has 2 rings (SSSR count). The molecule has 166 valence electrons. The number of nitrogens with one attached hydrogen (secondary N) is 3. The monoisotopic (exact) mass is 528 g/mol. The summed E-state index contributed by atoms with van der Waals surface area (Å²) in [5.41, 5.74) is 1.36. The van der Waals surface area contributed by atoms with E-state index < -0.39 is 11.7 Å². The number of amides is 1. The lowest BCUT2D eigenvalue weighted by Gasteiger charge is -2.19. The van der Waals surface area contributed by atoms with Gasteiger partial charge in [-0.2, -0.15) is 0 Å². The summed E-state index contributed by atoms with van der Waals surface area (Å²) in [6.45, 7) is 9.77. The van der Waals surface area contributed by atoms with E-state index in [2.05, 4.69) is 20.9 Å². The van der Waals surface area contributed by atoms with Gasteiger partial charge in [0, 0.05) is 31.7 Å². The SMILES string of the molecule is CCNC(=NCCc1ccco1)NCCc1ccc(NC(=O)OC(C)(C)C)cc1.I. The number of nitrogens with zero attached hydrogens (tertiary/aromatic N) is 1. The van der Waals surface area contributed by atoms with Gasteiger partial charge in [0.2, 0.25) is 0 Å². The van der Waals surface area contributed by atoms with Gasteiger partial charge in [-0.15, -0.1) is 24.0 Å². The van der Waals surface area contributed by atoms with Gasteiger partial charge in [-0.25, -0.2) is 4.79 Å². The molecule has 0 atom stereocenters. The Labute approximate surface area is 196 Å². The molecule has 0 spiro atoms. The van der Waals surface area contributed by atoms with E-state index >= 15 is 0 Å². The Kier molecular flexibility index (Phi) is 11.3. The molecule has 1 aromatic carbocycles. The molecular formula is C22H33IN4O3. The molecule has 0 aliphatic rings. The third-order valence-corrected chi connectivity index (χ3v) is 3.86. The number of furan rings is 1. The summed E-state index contributed by atoms with van der Waals surface area (Å²) >= 11 is 0. The average molecular weight is 528 g/mol. The maximum Gasteiger partial charge on any atom is 0.412 e. The highest BCUT2D eigenvalue weighted by atomic mass is 127. The van der Waals surface area contributed by atoms with Gasteiger partial charge in [0.25, 0.3) is 0 Å². The number of halogens is 1. The fourth-order valence-electron chi connectivity index (χ4n) is 2.58. The minimum absolute atomic E-state index is 0. The molecule has 0 bridgehead atoms. The largest absolute Gasteiger partial charge is 0.469 e. The van der Waals surface area contributed by atoms with Crippen molar-refractivity contribution in [3.8, 4) is 0 Å². The number of ether oxygens (including phenoxy) is 1. The predicted molar refractivity (Wildman–Crippen MR) is 132 cm³/mol. The lowest BCUT2D eigenvalue weighted by atomic mass is 10.1. The van der Waals surface area contributed by atoms with Gasteiger partial charge in [0.1, 0.15) is 11.4 Å². The van der Waals surface area contributed by atoms with Crippen LogP contribution in [0, 0.1) is 0 Å².